The normalized spacial score (nSPS) is 23.7. The summed E-state index contributed by atoms with van der Waals surface area (Å²) in [6, 6.07) is 10.9. The Morgan fingerprint density at radius 3 is 2.52 bits per heavy atom. The molecule has 3 heteroatoms. The van der Waals surface area contributed by atoms with Crippen molar-refractivity contribution < 1.29 is 0 Å². The lowest BCUT2D eigenvalue weighted by atomic mass is 9.97. The van der Waals surface area contributed by atoms with Crippen LogP contribution in [0.4, 0.5) is 0 Å². The van der Waals surface area contributed by atoms with Gasteiger partial charge in [0.2, 0.25) is 0 Å². The second-order valence-electron chi connectivity index (χ2n) is 7.42. The van der Waals surface area contributed by atoms with Crippen molar-refractivity contribution in [3.8, 4) is 0 Å². The van der Waals surface area contributed by atoms with Crippen molar-refractivity contribution in [2.75, 3.05) is 45.8 Å². The van der Waals surface area contributed by atoms with E-state index in [1.54, 1.807) is 0 Å². The largest absolute Gasteiger partial charge is 0.317 e. The van der Waals surface area contributed by atoms with Crippen LogP contribution < -0.4 is 5.32 Å². The predicted molar refractivity (Wildman–Crippen MR) is 97.5 cm³/mol. The standard InChI is InChI=1S/C20H33N3/c1-2-22(14-19-8-11-21-12-9-19)16-20-10-13-23(17-20)15-18-6-4-3-5-7-18/h3-7,19-21H,2,8-17H2,1H3. The molecule has 2 heterocycles. The van der Waals surface area contributed by atoms with E-state index in [1.807, 2.05) is 0 Å². The maximum absolute atomic E-state index is 3.48. The monoisotopic (exact) mass is 315 g/mol. The number of piperidine rings is 1. The molecule has 2 aliphatic rings. The van der Waals surface area contributed by atoms with Gasteiger partial charge in [0.15, 0.2) is 0 Å². The number of rotatable bonds is 7. The summed E-state index contributed by atoms with van der Waals surface area (Å²) in [6.45, 7) is 12.3. The molecule has 0 aromatic heterocycles. The van der Waals surface area contributed by atoms with Gasteiger partial charge in [-0.15, -0.1) is 0 Å². The number of nitrogens with one attached hydrogen (secondary N) is 1. The number of nitrogens with zero attached hydrogens (tertiary/aromatic N) is 2. The zero-order chi connectivity index (χ0) is 15.9. The van der Waals surface area contributed by atoms with Gasteiger partial charge in [0, 0.05) is 26.2 Å². The maximum atomic E-state index is 3.48. The summed E-state index contributed by atoms with van der Waals surface area (Å²) in [4.78, 5) is 5.35. The molecule has 0 radical (unpaired) electrons. The van der Waals surface area contributed by atoms with Gasteiger partial charge in [-0.3, -0.25) is 4.90 Å². The summed E-state index contributed by atoms with van der Waals surface area (Å²) < 4.78 is 0. The lowest BCUT2D eigenvalue weighted by molar-refractivity contribution is 0.185. The zero-order valence-electron chi connectivity index (χ0n) is 14.7. The van der Waals surface area contributed by atoms with Crippen molar-refractivity contribution in [3.63, 3.8) is 0 Å². The molecule has 0 bridgehead atoms. The molecule has 128 valence electrons. The van der Waals surface area contributed by atoms with Crippen molar-refractivity contribution in [3.05, 3.63) is 35.9 Å². The Morgan fingerprint density at radius 1 is 1.04 bits per heavy atom. The van der Waals surface area contributed by atoms with Crippen LogP contribution in [0, 0.1) is 11.8 Å². The lowest BCUT2D eigenvalue weighted by Gasteiger charge is -2.31. The third-order valence-electron chi connectivity index (χ3n) is 5.56. The SMILES string of the molecule is CCN(CC1CCNCC1)CC1CCN(Cc2ccccc2)C1. The fourth-order valence-corrected chi connectivity index (χ4v) is 4.17. The van der Waals surface area contributed by atoms with Crippen molar-refractivity contribution in [1.82, 2.24) is 15.1 Å². The molecule has 0 aliphatic carbocycles. The molecule has 1 N–H and O–H groups in total. The molecule has 2 fully saturated rings. The highest BCUT2D eigenvalue weighted by atomic mass is 15.2. The van der Waals surface area contributed by atoms with Crippen LogP contribution in [0.2, 0.25) is 0 Å². The Hall–Kier alpha value is -0.900. The Morgan fingerprint density at radius 2 is 1.78 bits per heavy atom. The van der Waals surface area contributed by atoms with Crippen molar-refractivity contribution in [2.45, 2.75) is 32.7 Å². The van der Waals surface area contributed by atoms with Gasteiger partial charge >= 0.3 is 0 Å². The van der Waals surface area contributed by atoms with E-state index in [1.165, 1.54) is 70.6 Å². The van der Waals surface area contributed by atoms with Crippen molar-refractivity contribution in [1.29, 1.82) is 0 Å². The molecule has 0 saturated carbocycles. The van der Waals surface area contributed by atoms with Crippen LogP contribution in [0.5, 0.6) is 0 Å². The number of benzene rings is 1. The summed E-state index contributed by atoms with van der Waals surface area (Å²) in [5.41, 5.74) is 1.45. The van der Waals surface area contributed by atoms with Crippen molar-refractivity contribution >= 4 is 0 Å². The molecule has 3 nitrogen and oxygen atoms in total. The van der Waals surface area contributed by atoms with Gasteiger partial charge in [0.1, 0.15) is 0 Å². The van der Waals surface area contributed by atoms with Gasteiger partial charge in [-0.1, -0.05) is 37.3 Å². The van der Waals surface area contributed by atoms with Crippen LogP contribution in [0.1, 0.15) is 31.7 Å². The molecule has 2 saturated heterocycles. The molecule has 1 aromatic carbocycles. The third-order valence-corrected chi connectivity index (χ3v) is 5.56. The van der Waals surface area contributed by atoms with Crippen molar-refractivity contribution in [2.24, 2.45) is 11.8 Å². The summed E-state index contributed by atoms with van der Waals surface area (Å²) in [5, 5.41) is 3.48. The lowest BCUT2D eigenvalue weighted by Crippen LogP contribution is -2.38. The highest BCUT2D eigenvalue weighted by Gasteiger charge is 2.25. The highest BCUT2D eigenvalue weighted by molar-refractivity contribution is 5.14. The van der Waals surface area contributed by atoms with E-state index < -0.39 is 0 Å². The number of hydrogen-bond donors (Lipinski definition) is 1. The first kappa shape index (κ1) is 16.9. The Kier molecular flexibility index (Phi) is 6.49. The van der Waals surface area contributed by atoms with Gasteiger partial charge in [-0.05, 0) is 62.8 Å². The van der Waals surface area contributed by atoms with E-state index in [9.17, 15) is 0 Å². The van der Waals surface area contributed by atoms with Gasteiger partial charge in [-0.2, -0.15) is 0 Å². The molecular weight excluding hydrogens is 282 g/mol. The fraction of sp³-hybridized carbons (Fsp3) is 0.700. The Labute approximate surface area is 142 Å². The minimum atomic E-state index is 0.861. The van der Waals surface area contributed by atoms with Crippen LogP contribution in [0.3, 0.4) is 0 Å². The number of hydrogen-bond acceptors (Lipinski definition) is 3. The van der Waals surface area contributed by atoms with Crippen LogP contribution >= 0.6 is 0 Å². The molecule has 2 aliphatic heterocycles. The molecule has 1 atom stereocenters. The van der Waals surface area contributed by atoms with E-state index in [0.29, 0.717) is 0 Å². The zero-order valence-corrected chi connectivity index (χ0v) is 14.7. The summed E-state index contributed by atoms with van der Waals surface area (Å²) in [5.74, 6) is 1.78. The molecule has 0 spiro atoms. The average molecular weight is 316 g/mol. The Bertz CT molecular complexity index is 441. The average Bonchev–Trinajstić information content (AvgIpc) is 3.03. The molecule has 1 aromatic rings. The molecule has 23 heavy (non-hydrogen) atoms. The molecule has 3 rings (SSSR count). The third kappa shape index (κ3) is 5.30. The minimum absolute atomic E-state index is 0.861. The van der Waals surface area contributed by atoms with E-state index in [4.69, 9.17) is 0 Å². The second kappa shape index (κ2) is 8.81. The van der Waals surface area contributed by atoms with Crippen LogP contribution in [-0.4, -0.2) is 55.6 Å². The molecule has 1 unspecified atom stereocenters. The smallest absolute Gasteiger partial charge is 0.0233 e. The summed E-state index contributed by atoms with van der Waals surface area (Å²) in [7, 11) is 0. The van der Waals surface area contributed by atoms with Gasteiger partial charge in [0.05, 0.1) is 0 Å². The first-order valence-corrected chi connectivity index (χ1v) is 9.53. The fourth-order valence-electron chi connectivity index (χ4n) is 4.17. The van der Waals surface area contributed by atoms with E-state index >= 15 is 0 Å². The second-order valence-corrected chi connectivity index (χ2v) is 7.42. The van der Waals surface area contributed by atoms with Crippen LogP contribution in [-0.2, 0) is 6.54 Å². The minimum Gasteiger partial charge on any atom is -0.317 e. The highest BCUT2D eigenvalue weighted by Crippen LogP contribution is 2.21. The summed E-state index contributed by atoms with van der Waals surface area (Å²) >= 11 is 0. The Balaban J connectivity index is 1.42. The molecular formula is C20H33N3. The quantitative estimate of drug-likeness (QED) is 0.835. The first-order valence-electron chi connectivity index (χ1n) is 9.53. The van der Waals surface area contributed by atoms with Gasteiger partial charge in [0.25, 0.3) is 0 Å². The molecule has 0 amide bonds. The maximum Gasteiger partial charge on any atom is 0.0233 e. The van der Waals surface area contributed by atoms with Gasteiger partial charge < -0.3 is 10.2 Å². The van der Waals surface area contributed by atoms with E-state index in [2.05, 4.69) is 52.4 Å². The van der Waals surface area contributed by atoms with E-state index in [0.717, 1.165) is 18.4 Å². The predicted octanol–water partition coefficient (Wildman–Crippen LogP) is 2.83. The van der Waals surface area contributed by atoms with Crippen LogP contribution in [0.15, 0.2) is 30.3 Å². The van der Waals surface area contributed by atoms with Crippen LogP contribution in [0.25, 0.3) is 0 Å². The van der Waals surface area contributed by atoms with Gasteiger partial charge in [-0.25, -0.2) is 0 Å². The topological polar surface area (TPSA) is 18.5 Å². The summed E-state index contributed by atoms with van der Waals surface area (Å²) in [6.07, 6.45) is 4.10. The number of likely N-dealkylation sites (tertiary alicyclic amines) is 1. The van der Waals surface area contributed by atoms with E-state index in [-0.39, 0.29) is 0 Å². The first-order chi connectivity index (χ1) is 11.3.